The molecule has 2 saturated carbocycles. The van der Waals surface area contributed by atoms with E-state index >= 15 is 0 Å². The van der Waals surface area contributed by atoms with Gasteiger partial charge in [-0.3, -0.25) is 0 Å². The molecular weight excluding hydrogens is 304 g/mol. The van der Waals surface area contributed by atoms with E-state index < -0.39 is 11.7 Å². The fourth-order valence-electron chi connectivity index (χ4n) is 6.47. The second-order valence-electron chi connectivity index (χ2n) is 9.30. The predicted octanol–water partition coefficient (Wildman–Crippen LogP) is 2.68. The van der Waals surface area contributed by atoms with Crippen LogP contribution in [0.15, 0.2) is 11.6 Å². The topological polar surface area (TPSA) is 66.8 Å². The number of hydrogen-bond acceptors (Lipinski definition) is 4. The summed E-state index contributed by atoms with van der Waals surface area (Å²) in [6.45, 7) is 6.63. The number of allylic oxidation sites excluding steroid dienone is 1. The van der Waals surface area contributed by atoms with E-state index in [2.05, 4.69) is 26.8 Å². The van der Waals surface area contributed by atoms with Gasteiger partial charge in [-0.2, -0.15) is 0 Å². The van der Waals surface area contributed by atoms with E-state index in [4.69, 9.17) is 4.74 Å². The van der Waals surface area contributed by atoms with Crippen LogP contribution in [-0.4, -0.2) is 34.5 Å². The summed E-state index contributed by atoms with van der Waals surface area (Å²) in [5.41, 5.74) is -0.348. The molecule has 0 spiro atoms. The Morgan fingerprint density at radius 3 is 2.79 bits per heavy atom. The van der Waals surface area contributed by atoms with Crippen LogP contribution >= 0.6 is 0 Å². The molecular formula is C20H30O4. The normalized spacial score (nSPS) is 52.3. The van der Waals surface area contributed by atoms with Crippen LogP contribution in [0.4, 0.5) is 0 Å². The first-order valence-corrected chi connectivity index (χ1v) is 9.54. The fraction of sp³-hybridized carbons (Fsp3) is 0.850. The molecule has 7 atom stereocenters. The van der Waals surface area contributed by atoms with Crippen LogP contribution in [0, 0.1) is 35.0 Å². The Kier molecular flexibility index (Phi) is 3.67. The third kappa shape index (κ3) is 2.08. The smallest absolute Gasteiger partial charge is 0.334 e. The van der Waals surface area contributed by atoms with Crippen molar-refractivity contribution in [3.63, 3.8) is 0 Å². The summed E-state index contributed by atoms with van der Waals surface area (Å²) >= 11 is 0. The van der Waals surface area contributed by atoms with E-state index in [1.807, 2.05) is 0 Å². The van der Waals surface area contributed by atoms with Gasteiger partial charge in [-0.1, -0.05) is 26.8 Å². The molecule has 3 aliphatic carbocycles. The molecule has 0 amide bonds. The lowest BCUT2D eigenvalue weighted by molar-refractivity contribution is -0.166. The number of ether oxygens (including phenoxy) is 1. The van der Waals surface area contributed by atoms with Gasteiger partial charge in [-0.05, 0) is 55.3 Å². The first-order chi connectivity index (χ1) is 11.3. The first kappa shape index (κ1) is 16.6. The summed E-state index contributed by atoms with van der Waals surface area (Å²) in [4.78, 5) is 12.4. The Bertz CT molecular complexity index is 582. The summed E-state index contributed by atoms with van der Waals surface area (Å²) in [6.07, 6.45) is 6.45. The minimum absolute atomic E-state index is 0.0456. The number of esters is 1. The monoisotopic (exact) mass is 334 g/mol. The molecule has 0 aromatic rings. The van der Waals surface area contributed by atoms with Crippen LogP contribution in [0.1, 0.15) is 52.9 Å². The van der Waals surface area contributed by atoms with Crippen molar-refractivity contribution in [2.45, 2.75) is 64.6 Å². The van der Waals surface area contributed by atoms with Gasteiger partial charge in [0.15, 0.2) is 0 Å². The lowest BCUT2D eigenvalue weighted by atomic mass is 9.63. The van der Waals surface area contributed by atoms with E-state index in [1.54, 1.807) is 0 Å². The van der Waals surface area contributed by atoms with Gasteiger partial charge >= 0.3 is 5.97 Å². The van der Waals surface area contributed by atoms with E-state index in [-0.39, 0.29) is 29.8 Å². The second-order valence-corrected chi connectivity index (χ2v) is 9.30. The molecule has 4 aliphatic rings. The zero-order valence-corrected chi connectivity index (χ0v) is 15.0. The quantitative estimate of drug-likeness (QED) is 0.762. The number of fused-ring (bicyclic) bond motifs is 2. The van der Waals surface area contributed by atoms with Crippen molar-refractivity contribution in [2.75, 3.05) is 6.61 Å². The summed E-state index contributed by atoms with van der Waals surface area (Å²) in [5.74, 6) is 1.54. The van der Waals surface area contributed by atoms with Crippen LogP contribution in [0.25, 0.3) is 0 Å². The molecule has 0 aromatic carbocycles. The standard InChI is InChI=1S/C20H30O4/c1-11(2)12-6-7-19(3)9-16-14-8-17(20(16,23)10-21)24-18(22)13(14)4-5-15(12)19/h4,11-12,14-17,21,23H,5-10H2,1-3H3/b13-4+/t12-,14-,15+,16+,17-,19-,20+/m1/s1. The van der Waals surface area contributed by atoms with E-state index in [1.165, 1.54) is 12.8 Å². The molecule has 1 aliphatic heterocycles. The van der Waals surface area contributed by atoms with Gasteiger partial charge in [0, 0.05) is 17.4 Å². The average Bonchev–Trinajstić information content (AvgIpc) is 2.94. The van der Waals surface area contributed by atoms with Crippen LogP contribution < -0.4 is 0 Å². The summed E-state index contributed by atoms with van der Waals surface area (Å²) in [7, 11) is 0. The molecule has 0 radical (unpaired) electrons. The van der Waals surface area contributed by atoms with Gasteiger partial charge in [0.2, 0.25) is 0 Å². The van der Waals surface area contributed by atoms with Crippen LogP contribution in [0.2, 0.25) is 0 Å². The fourth-order valence-corrected chi connectivity index (χ4v) is 6.47. The zero-order chi connectivity index (χ0) is 17.3. The first-order valence-electron chi connectivity index (χ1n) is 9.54. The van der Waals surface area contributed by atoms with Crippen molar-refractivity contribution < 1.29 is 19.7 Å². The SMILES string of the molecule is CC(C)[C@H]1CC[C@]2(C)C[C@H]3[C@@H]4C[C@@H](OC(=O)/C4=C/C[C@@H]12)[C@]3(O)CO. The Morgan fingerprint density at radius 1 is 1.38 bits per heavy atom. The number of carbonyl (C=O) groups excluding carboxylic acids is 1. The molecule has 1 heterocycles. The minimum Gasteiger partial charge on any atom is -0.456 e. The molecule has 1 saturated heterocycles. The lowest BCUT2D eigenvalue weighted by Crippen LogP contribution is -2.49. The largest absolute Gasteiger partial charge is 0.456 e. The van der Waals surface area contributed by atoms with Gasteiger partial charge in [-0.25, -0.2) is 4.79 Å². The molecule has 2 bridgehead atoms. The van der Waals surface area contributed by atoms with E-state index in [0.29, 0.717) is 24.2 Å². The Morgan fingerprint density at radius 2 is 2.12 bits per heavy atom. The Balaban J connectivity index is 1.78. The highest BCUT2D eigenvalue weighted by molar-refractivity contribution is 5.90. The predicted molar refractivity (Wildman–Crippen MR) is 90.0 cm³/mol. The highest BCUT2D eigenvalue weighted by Crippen LogP contribution is 2.61. The van der Waals surface area contributed by atoms with Crippen molar-refractivity contribution in [2.24, 2.45) is 35.0 Å². The number of carbonyl (C=O) groups is 1. The number of aliphatic hydroxyl groups excluding tert-OH is 1. The van der Waals surface area contributed by atoms with E-state index in [9.17, 15) is 15.0 Å². The highest BCUT2D eigenvalue weighted by Gasteiger charge is 2.63. The molecule has 3 fully saturated rings. The molecule has 4 nitrogen and oxygen atoms in total. The minimum atomic E-state index is -1.28. The van der Waals surface area contributed by atoms with Gasteiger partial charge < -0.3 is 14.9 Å². The molecule has 134 valence electrons. The molecule has 4 heteroatoms. The summed E-state index contributed by atoms with van der Waals surface area (Å²) in [6, 6.07) is 0. The molecule has 2 N–H and O–H groups in total. The maximum atomic E-state index is 12.4. The van der Waals surface area contributed by atoms with E-state index in [0.717, 1.165) is 18.4 Å². The molecule has 24 heavy (non-hydrogen) atoms. The third-order valence-corrected chi connectivity index (χ3v) is 7.89. The summed E-state index contributed by atoms with van der Waals surface area (Å²) in [5, 5.41) is 21.1. The van der Waals surface area contributed by atoms with Gasteiger partial charge in [0.25, 0.3) is 0 Å². The molecule has 4 rings (SSSR count). The number of aliphatic hydroxyl groups is 2. The molecule has 0 aromatic heterocycles. The van der Waals surface area contributed by atoms with Gasteiger partial charge in [-0.15, -0.1) is 0 Å². The van der Waals surface area contributed by atoms with Crippen molar-refractivity contribution in [3.8, 4) is 0 Å². The number of rotatable bonds is 2. The maximum Gasteiger partial charge on any atom is 0.334 e. The Hall–Kier alpha value is -0.870. The highest BCUT2D eigenvalue weighted by atomic mass is 16.6. The average molecular weight is 334 g/mol. The maximum absolute atomic E-state index is 12.4. The van der Waals surface area contributed by atoms with Crippen molar-refractivity contribution >= 4 is 5.97 Å². The van der Waals surface area contributed by atoms with Gasteiger partial charge in [0.05, 0.1) is 6.61 Å². The van der Waals surface area contributed by atoms with Crippen molar-refractivity contribution in [1.82, 2.24) is 0 Å². The second kappa shape index (κ2) is 5.31. The van der Waals surface area contributed by atoms with Crippen LogP contribution in [-0.2, 0) is 9.53 Å². The third-order valence-electron chi connectivity index (χ3n) is 7.89. The van der Waals surface area contributed by atoms with Crippen LogP contribution in [0.5, 0.6) is 0 Å². The molecule has 0 unspecified atom stereocenters. The van der Waals surface area contributed by atoms with Crippen LogP contribution in [0.3, 0.4) is 0 Å². The summed E-state index contributed by atoms with van der Waals surface area (Å²) < 4.78 is 5.52. The lowest BCUT2D eigenvalue weighted by Gasteiger charge is -2.42. The Labute approximate surface area is 144 Å². The van der Waals surface area contributed by atoms with Crippen molar-refractivity contribution in [1.29, 1.82) is 0 Å². The van der Waals surface area contributed by atoms with Crippen molar-refractivity contribution in [3.05, 3.63) is 11.6 Å². The zero-order valence-electron chi connectivity index (χ0n) is 15.0. The number of hydrogen-bond donors (Lipinski definition) is 2. The van der Waals surface area contributed by atoms with Gasteiger partial charge in [0.1, 0.15) is 11.7 Å².